The lowest BCUT2D eigenvalue weighted by Crippen LogP contribution is -2.35. The molecule has 0 saturated carbocycles. The molecule has 2 nitrogen and oxygen atoms in total. The van der Waals surface area contributed by atoms with Crippen LogP contribution >= 0.6 is 0 Å². The zero-order valence-corrected chi connectivity index (χ0v) is 47.0. The molecule has 412 valence electrons. The molecule has 0 bridgehead atoms. The minimum atomic E-state index is -1.55. The van der Waals surface area contributed by atoms with Gasteiger partial charge in [0.15, 0.2) is 46.5 Å². The van der Waals surface area contributed by atoms with Crippen LogP contribution in [-0.4, -0.2) is 64.3 Å². The summed E-state index contributed by atoms with van der Waals surface area (Å²) < 4.78 is 133. The van der Waals surface area contributed by atoms with Crippen molar-refractivity contribution in [2.75, 3.05) is 55.4 Å². The number of nitrogens with zero attached hydrogens (tertiary/aromatic N) is 2. The molecule has 0 amide bonds. The second-order valence-electron chi connectivity index (χ2n) is 24.9. The van der Waals surface area contributed by atoms with Crippen LogP contribution in [0, 0.1) is 60.4 Å². The van der Waals surface area contributed by atoms with E-state index in [0.29, 0.717) is 22.3 Å². The van der Waals surface area contributed by atoms with Crippen LogP contribution in [0.4, 0.5) is 35.1 Å². The first-order valence-electron chi connectivity index (χ1n) is 28.1. The molecule has 0 N–H and O–H groups in total. The summed E-state index contributed by atoms with van der Waals surface area (Å²) in [5.74, 6) is -12.3. The maximum absolute atomic E-state index is 17.4. The fraction of sp³-hybridized carbons (Fsp3) is 0.314. The predicted molar refractivity (Wildman–Crippen MR) is 306 cm³/mol. The van der Waals surface area contributed by atoms with E-state index in [2.05, 4.69) is 67.4 Å². The van der Waals surface area contributed by atoms with E-state index in [-0.39, 0.29) is 16.7 Å². The molecule has 1 unspecified atom stereocenters. The number of rotatable bonds is 17. The van der Waals surface area contributed by atoms with E-state index < -0.39 is 79.6 Å². The van der Waals surface area contributed by atoms with Gasteiger partial charge in [-0.1, -0.05) is 134 Å². The van der Waals surface area contributed by atoms with Crippen molar-refractivity contribution in [2.24, 2.45) is 0 Å². The van der Waals surface area contributed by atoms with E-state index in [4.69, 9.17) is 0 Å². The third-order valence-electron chi connectivity index (χ3n) is 17.6. The number of benzene rings is 8. The Labute approximate surface area is 465 Å². The third kappa shape index (κ3) is 9.00. The first-order chi connectivity index (χ1) is 38.1. The van der Waals surface area contributed by atoms with Gasteiger partial charge in [-0.2, -0.15) is 0 Å². The number of quaternary nitrogens is 2. The highest BCUT2D eigenvalue weighted by molar-refractivity contribution is 5.97. The SMILES string of the molecule is Cc1ccc2c(c1)C(CCCCCC[N+](C)(C)C)(CCCCCC[N+](C)(C)C)c1cc(-c3c(F)c(F)c(-c4ccc5c(c4)C4(c6ccccc6-c6ccc(-c7c(F)c(F)c(C)c(F)c7F)cc64)c4ccccc4-5)c(F)c3F)ccc1-2. The van der Waals surface area contributed by atoms with Crippen molar-refractivity contribution in [1.82, 2.24) is 0 Å². The summed E-state index contributed by atoms with van der Waals surface area (Å²) in [6.07, 6.45) is 9.89. The van der Waals surface area contributed by atoms with Gasteiger partial charge in [0.05, 0.1) is 77.5 Å². The van der Waals surface area contributed by atoms with Gasteiger partial charge in [0.25, 0.3) is 0 Å². The Bertz CT molecular complexity index is 3690. The standard InChI is InChI=1S/C70H68F8N2/c1-41-25-29-48-49-30-26-43(38-55(49)69(54(48)37-41,33-17-9-11-19-35-79(3,4)5)34-18-10-12-20-36-80(6,7)8)59-65(75)67(77)60(68(78)66(59)76)45-28-32-51-47-22-14-16-24-53(47)70(57(51)40-45)52-23-15-13-21-46(52)50-31-27-44(39-56(50)70)58-63(73)61(71)42(2)62(72)64(58)74/h13-16,21-32,37-40H,9-12,17-20,33-36H2,1-8H3/q+2. The number of fused-ring (bicyclic) bond motifs is 13. The predicted octanol–water partition coefficient (Wildman–Crippen LogP) is 18.3. The summed E-state index contributed by atoms with van der Waals surface area (Å²) in [6, 6.07) is 35.8. The number of aryl methyl sites for hydroxylation is 1. The number of hydrogen-bond donors (Lipinski definition) is 0. The van der Waals surface area contributed by atoms with E-state index in [1.807, 2.05) is 54.6 Å². The molecule has 10 heteroatoms. The lowest BCUT2D eigenvalue weighted by Gasteiger charge is -2.33. The van der Waals surface area contributed by atoms with Crippen LogP contribution in [-0.2, 0) is 10.8 Å². The van der Waals surface area contributed by atoms with Crippen LogP contribution in [0.3, 0.4) is 0 Å². The molecule has 0 radical (unpaired) electrons. The van der Waals surface area contributed by atoms with Crippen molar-refractivity contribution in [2.45, 2.75) is 88.9 Å². The lowest BCUT2D eigenvalue weighted by molar-refractivity contribution is -0.870. The molecular formula is C70H68F8N2+2. The van der Waals surface area contributed by atoms with Gasteiger partial charge in [-0.25, -0.2) is 35.1 Å². The molecule has 0 saturated heterocycles. The summed E-state index contributed by atoms with van der Waals surface area (Å²) in [5, 5.41) is 0. The van der Waals surface area contributed by atoms with E-state index >= 15 is 35.1 Å². The first-order valence-corrected chi connectivity index (χ1v) is 28.1. The number of hydrogen-bond acceptors (Lipinski definition) is 0. The summed E-state index contributed by atoms with van der Waals surface area (Å²) >= 11 is 0. The van der Waals surface area contributed by atoms with E-state index in [1.54, 1.807) is 24.3 Å². The van der Waals surface area contributed by atoms with Gasteiger partial charge in [0.2, 0.25) is 0 Å². The lowest BCUT2D eigenvalue weighted by atomic mass is 9.70. The van der Waals surface area contributed by atoms with Crippen molar-refractivity contribution >= 4 is 0 Å². The van der Waals surface area contributed by atoms with Crippen molar-refractivity contribution in [3.8, 4) is 66.8 Å². The van der Waals surface area contributed by atoms with Crippen molar-refractivity contribution < 1.29 is 44.1 Å². The van der Waals surface area contributed by atoms with Crippen LogP contribution in [0.15, 0.2) is 121 Å². The molecule has 8 aromatic carbocycles. The largest absolute Gasteiger partial charge is 0.331 e. The van der Waals surface area contributed by atoms with Gasteiger partial charge in [-0.15, -0.1) is 0 Å². The van der Waals surface area contributed by atoms with Gasteiger partial charge >= 0.3 is 0 Å². The minimum absolute atomic E-state index is 0.0439. The Balaban J connectivity index is 1.03. The molecule has 3 aliphatic rings. The normalized spacial score (nSPS) is 15.5. The fourth-order valence-corrected chi connectivity index (χ4v) is 13.7. The Morgan fingerprint density at radius 1 is 0.325 bits per heavy atom. The maximum atomic E-state index is 17.4. The zero-order chi connectivity index (χ0) is 56.8. The highest BCUT2D eigenvalue weighted by atomic mass is 19.2. The fourth-order valence-electron chi connectivity index (χ4n) is 13.7. The van der Waals surface area contributed by atoms with Gasteiger partial charge < -0.3 is 8.97 Å². The quantitative estimate of drug-likeness (QED) is 0.0369. The monoisotopic (exact) mass is 1090 g/mol. The Morgan fingerprint density at radius 2 is 0.650 bits per heavy atom. The zero-order valence-electron chi connectivity index (χ0n) is 47.0. The summed E-state index contributed by atoms with van der Waals surface area (Å²) in [7, 11) is 13.2. The van der Waals surface area contributed by atoms with Crippen LogP contribution in [0.25, 0.3) is 66.8 Å². The molecule has 1 atom stereocenters. The van der Waals surface area contributed by atoms with Gasteiger partial charge in [0, 0.05) is 11.0 Å². The van der Waals surface area contributed by atoms with Crippen molar-refractivity contribution in [3.63, 3.8) is 0 Å². The molecule has 1 spiro atoms. The van der Waals surface area contributed by atoms with E-state index in [0.717, 1.165) is 138 Å². The highest BCUT2D eigenvalue weighted by Crippen LogP contribution is 2.64. The Morgan fingerprint density at radius 3 is 1.06 bits per heavy atom. The van der Waals surface area contributed by atoms with Crippen LogP contribution in [0.5, 0.6) is 0 Å². The molecule has 3 aliphatic carbocycles. The van der Waals surface area contributed by atoms with Gasteiger partial charge in [0.1, 0.15) is 0 Å². The van der Waals surface area contributed by atoms with Gasteiger partial charge in [-0.3, -0.25) is 0 Å². The summed E-state index contributed by atoms with van der Waals surface area (Å²) in [4.78, 5) is 0. The van der Waals surface area contributed by atoms with Crippen molar-refractivity contribution in [1.29, 1.82) is 0 Å². The summed E-state index contributed by atoms with van der Waals surface area (Å²) in [6.45, 7) is 5.17. The topological polar surface area (TPSA) is 0 Å². The van der Waals surface area contributed by atoms with Crippen LogP contribution in [0.2, 0.25) is 0 Å². The van der Waals surface area contributed by atoms with E-state index in [9.17, 15) is 0 Å². The molecular weight excluding hydrogens is 1020 g/mol. The second kappa shape index (κ2) is 20.6. The molecule has 80 heavy (non-hydrogen) atoms. The third-order valence-corrected chi connectivity index (χ3v) is 17.6. The van der Waals surface area contributed by atoms with Crippen LogP contribution in [0.1, 0.15) is 109 Å². The van der Waals surface area contributed by atoms with Crippen LogP contribution < -0.4 is 0 Å². The number of halogens is 8. The Kier molecular flexibility index (Phi) is 14.2. The molecule has 0 aliphatic heterocycles. The average Bonchev–Trinajstić information content (AvgIpc) is 4.18. The summed E-state index contributed by atoms with van der Waals surface area (Å²) in [5.41, 5.74) is 5.02. The number of unbranched alkanes of at least 4 members (excludes halogenated alkanes) is 6. The molecule has 0 fully saturated rings. The minimum Gasteiger partial charge on any atom is -0.331 e. The second-order valence-corrected chi connectivity index (χ2v) is 24.9. The highest BCUT2D eigenvalue weighted by Gasteiger charge is 2.52. The smallest absolute Gasteiger partial charge is 0.170 e. The van der Waals surface area contributed by atoms with E-state index in [1.165, 1.54) is 29.8 Å². The average molecular weight is 1090 g/mol. The maximum Gasteiger partial charge on any atom is 0.170 e. The molecule has 8 aromatic rings. The van der Waals surface area contributed by atoms with Crippen molar-refractivity contribution in [3.05, 3.63) is 212 Å². The molecule has 11 rings (SSSR count). The first kappa shape index (κ1) is 55.0. The molecule has 0 aromatic heterocycles. The van der Waals surface area contributed by atoms with Gasteiger partial charge in [-0.05, 0) is 154 Å². The molecule has 0 heterocycles. The Hall–Kier alpha value is -6.88.